The van der Waals surface area contributed by atoms with Gasteiger partial charge in [0.15, 0.2) is 0 Å². The number of nitrogens with zero attached hydrogens (tertiary/aromatic N) is 1. The lowest BCUT2D eigenvalue weighted by molar-refractivity contribution is -0.116. The molecule has 0 saturated carbocycles. The summed E-state index contributed by atoms with van der Waals surface area (Å²) in [6, 6.07) is 13.7. The number of amides is 1. The minimum Gasteiger partial charge on any atom is -0.411 e. The summed E-state index contributed by atoms with van der Waals surface area (Å²) >= 11 is 0. The fraction of sp³-hybridized carbons (Fsp3) is 0.143. The van der Waals surface area contributed by atoms with Crippen LogP contribution in [0.4, 0.5) is 5.69 Å². The molecular weight excluding hydrogens is 228 g/mol. The number of hydrogen-bond donors (Lipinski definition) is 2. The summed E-state index contributed by atoms with van der Waals surface area (Å²) in [5.41, 5.74) is 0.805. The zero-order valence-electron chi connectivity index (χ0n) is 9.84. The summed E-state index contributed by atoms with van der Waals surface area (Å²) in [4.78, 5) is 11.7. The van der Waals surface area contributed by atoms with Crippen LogP contribution in [0.2, 0.25) is 0 Å². The first-order chi connectivity index (χ1) is 8.81. The topological polar surface area (TPSA) is 61.7 Å². The van der Waals surface area contributed by atoms with Crippen LogP contribution in [0.1, 0.15) is 12.8 Å². The van der Waals surface area contributed by atoms with Crippen molar-refractivity contribution in [2.24, 2.45) is 5.16 Å². The third kappa shape index (κ3) is 2.85. The number of carbonyl (C=O) groups excluding carboxylic acids is 1. The number of nitrogens with one attached hydrogen (secondary N) is 1. The number of hydrogen-bond acceptors (Lipinski definition) is 3. The van der Waals surface area contributed by atoms with E-state index in [1.807, 2.05) is 42.5 Å². The first kappa shape index (κ1) is 12.1. The van der Waals surface area contributed by atoms with Crippen LogP contribution in [-0.4, -0.2) is 17.3 Å². The van der Waals surface area contributed by atoms with Crippen molar-refractivity contribution in [3.05, 3.63) is 42.5 Å². The highest BCUT2D eigenvalue weighted by atomic mass is 16.4. The number of oxime groups is 1. The van der Waals surface area contributed by atoms with Gasteiger partial charge in [-0.15, -0.1) is 5.16 Å². The maximum Gasteiger partial charge on any atom is 0.224 e. The van der Waals surface area contributed by atoms with Gasteiger partial charge in [-0.25, -0.2) is 0 Å². The molecule has 18 heavy (non-hydrogen) atoms. The Morgan fingerprint density at radius 3 is 2.83 bits per heavy atom. The van der Waals surface area contributed by atoms with Crippen LogP contribution in [0.3, 0.4) is 0 Å². The van der Waals surface area contributed by atoms with Gasteiger partial charge >= 0.3 is 0 Å². The van der Waals surface area contributed by atoms with Gasteiger partial charge in [0.1, 0.15) is 0 Å². The number of fused-ring (bicyclic) bond motifs is 1. The van der Waals surface area contributed by atoms with Gasteiger partial charge in [0.2, 0.25) is 5.91 Å². The van der Waals surface area contributed by atoms with Crippen LogP contribution in [0.15, 0.2) is 47.6 Å². The van der Waals surface area contributed by atoms with Crippen molar-refractivity contribution in [3.8, 4) is 0 Å². The van der Waals surface area contributed by atoms with Crippen molar-refractivity contribution in [3.63, 3.8) is 0 Å². The summed E-state index contributed by atoms with van der Waals surface area (Å²) in [5, 5.41) is 16.1. The summed E-state index contributed by atoms with van der Waals surface area (Å²) in [6.45, 7) is 0. The van der Waals surface area contributed by atoms with Gasteiger partial charge in [0, 0.05) is 23.7 Å². The molecule has 0 fully saturated rings. The van der Waals surface area contributed by atoms with Crippen molar-refractivity contribution >= 4 is 28.6 Å². The Balaban J connectivity index is 2.14. The molecule has 0 aromatic heterocycles. The third-order valence-corrected chi connectivity index (χ3v) is 2.65. The summed E-state index contributed by atoms with van der Waals surface area (Å²) in [7, 11) is 0. The van der Waals surface area contributed by atoms with E-state index in [1.165, 1.54) is 6.21 Å². The lowest BCUT2D eigenvalue weighted by Crippen LogP contribution is -2.11. The smallest absolute Gasteiger partial charge is 0.224 e. The van der Waals surface area contributed by atoms with Gasteiger partial charge in [0.25, 0.3) is 0 Å². The molecule has 2 aromatic carbocycles. The van der Waals surface area contributed by atoms with Gasteiger partial charge in [-0.2, -0.15) is 0 Å². The molecule has 0 atom stereocenters. The molecule has 2 N–H and O–H groups in total. The Kier molecular flexibility index (Phi) is 3.91. The SMILES string of the molecule is O=C(CCC=NO)Nc1cccc2ccccc12. The van der Waals surface area contributed by atoms with Gasteiger partial charge < -0.3 is 10.5 Å². The van der Waals surface area contributed by atoms with Gasteiger partial charge in [-0.3, -0.25) is 4.79 Å². The fourth-order valence-electron chi connectivity index (χ4n) is 1.80. The van der Waals surface area contributed by atoms with E-state index in [9.17, 15) is 4.79 Å². The van der Waals surface area contributed by atoms with E-state index in [2.05, 4.69) is 10.5 Å². The first-order valence-electron chi connectivity index (χ1n) is 5.75. The molecule has 0 aliphatic carbocycles. The van der Waals surface area contributed by atoms with Crippen LogP contribution in [-0.2, 0) is 4.79 Å². The van der Waals surface area contributed by atoms with Crippen molar-refractivity contribution in [2.75, 3.05) is 5.32 Å². The quantitative estimate of drug-likeness (QED) is 0.492. The van der Waals surface area contributed by atoms with Crippen molar-refractivity contribution < 1.29 is 10.0 Å². The molecule has 0 spiro atoms. The largest absolute Gasteiger partial charge is 0.411 e. The van der Waals surface area contributed by atoms with Crippen LogP contribution < -0.4 is 5.32 Å². The highest BCUT2D eigenvalue weighted by Crippen LogP contribution is 2.22. The average molecular weight is 242 g/mol. The van der Waals surface area contributed by atoms with E-state index in [4.69, 9.17) is 5.21 Å². The molecule has 0 unspecified atom stereocenters. The third-order valence-electron chi connectivity index (χ3n) is 2.65. The van der Waals surface area contributed by atoms with Crippen LogP contribution >= 0.6 is 0 Å². The van der Waals surface area contributed by atoms with E-state index < -0.39 is 0 Å². The first-order valence-corrected chi connectivity index (χ1v) is 5.75. The molecule has 0 saturated heterocycles. The second kappa shape index (κ2) is 5.82. The molecule has 0 radical (unpaired) electrons. The van der Waals surface area contributed by atoms with E-state index in [-0.39, 0.29) is 5.91 Å². The minimum absolute atomic E-state index is 0.0914. The zero-order valence-corrected chi connectivity index (χ0v) is 9.84. The maximum absolute atomic E-state index is 11.7. The molecule has 0 aliphatic heterocycles. The predicted octanol–water partition coefficient (Wildman–Crippen LogP) is 3.02. The fourth-order valence-corrected chi connectivity index (χ4v) is 1.80. The standard InChI is InChI=1S/C14H14N2O2/c17-14(9-4-10-15-18)16-13-8-3-6-11-5-1-2-7-12(11)13/h1-3,5-8,10,18H,4,9H2,(H,16,17). The summed E-state index contributed by atoms with van der Waals surface area (Å²) in [5.74, 6) is -0.0914. The van der Waals surface area contributed by atoms with Crippen LogP contribution in [0, 0.1) is 0 Å². The van der Waals surface area contributed by atoms with Crippen molar-refractivity contribution in [1.29, 1.82) is 0 Å². The van der Waals surface area contributed by atoms with Gasteiger partial charge in [-0.1, -0.05) is 36.4 Å². The van der Waals surface area contributed by atoms with Gasteiger partial charge in [-0.05, 0) is 17.9 Å². The number of benzene rings is 2. The van der Waals surface area contributed by atoms with E-state index in [0.717, 1.165) is 16.5 Å². The average Bonchev–Trinajstić information content (AvgIpc) is 2.39. The van der Waals surface area contributed by atoms with E-state index in [0.29, 0.717) is 12.8 Å². The van der Waals surface area contributed by atoms with Gasteiger partial charge in [0.05, 0.1) is 0 Å². The minimum atomic E-state index is -0.0914. The maximum atomic E-state index is 11.7. The molecule has 0 bridgehead atoms. The lowest BCUT2D eigenvalue weighted by Gasteiger charge is -2.07. The number of carbonyl (C=O) groups is 1. The Morgan fingerprint density at radius 1 is 1.22 bits per heavy atom. The lowest BCUT2D eigenvalue weighted by atomic mass is 10.1. The molecule has 2 rings (SSSR count). The van der Waals surface area contributed by atoms with Crippen molar-refractivity contribution in [1.82, 2.24) is 0 Å². The zero-order chi connectivity index (χ0) is 12.8. The Bertz CT molecular complexity index is 574. The molecule has 1 amide bonds. The second-order valence-corrected chi connectivity index (χ2v) is 3.91. The molecule has 0 heterocycles. The Labute approximate surface area is 105 Å². The van der Waals surface area contributed by atoms with E-state index >= 15 is 0 Å². The normalized spacial score (nSPS) is 10.9. The summed E-state index contributed by atoms with van der Waals surface area (Å²) < 4.78 is 0. The number of anilines is 1. The molecule has 0 aliphatic rings. The molecule has 92 valence electrons. The van der Waals surface area contributed by atoms with Crippen molar-refractivity contribution in [2.45, 2.75) is 12.8 Å². The molecule has 2 aromatic rings. The Hall–Kier alpha value is -2.36. The molecular formula is C14H14N2O2. The van der Waals surface area contributed by atoms with E-state index in [1.54, 1.807) is 0 Å². The van der Waals surface area contributed by atoms with Crippen LogP contribution in [0.5, 0.6) is 0 Å². The van der Waals surface area contributed by atoms with Crippen LogP contribution in [0.25, 0.3) is 10.8 Å². The predicted molar refractivity (Wildman–Crippen MR) is 72.1 cm³/mol. The molecule has 4 nitrogen and oxygen atoms in total. The Morgan fingerprint density at radius 2 is 2.00 bits per heavy atom. The number of rotatable bonds is 4. The summed E-state index contributed by atoms with van der Waals surface area (Å²) in [6.07, 6.45) is 2.03. The molecule has 4 heteroatoms. The monoisotopic (exact) mass is 242 g/mol. The second-order valence-electron chi connectivity index (χ2n) is 3.91. The highest BCUT2D eigenvalue weighted by molar-refractivity contribution is 6.02. The highest BCUT2D eigenvalue weighted by Gasteiger charge is 2.04.